The van der Waals surface area contributed by atoms with E-state index in [4.69, 9.17) is 22.1 Å². The van der Waals surface area contributed by atoms with Gasteiger partial charge >= 0.3 is 0 Å². The van der Waals surface area contributed by atoms with Crippen molar-refractivity contribution in [2.45, 2.75) is 19.6 Å². The maximum Gasteiger partial charge on any atom is 0.250 e. The molecule has 0 atom stereocenters. The number of aromatic nitrogens is 1. The molecule has 0 amide bonds. The van der Waals surface area contributed by atoms with E-state index in [2.05, 4.69) is 0 Å². The number of pyridine rings is 1. The molecule has 0 unspecified atom stereocenters. The molecule has 0 aliphatic carbocycles. The van der Waals surface area contributed by atoms with Gasteiger partial charge in [0.1, 0.15) is 0 Å². The Balaban J connectivity index is 1.76. The summed E-state index contributed by atoms with van der Waals surface area (Å²) in [4.78, 5) is 11.6. The van der Waals surface area contributed by atoms with Crippen LogP contribution in [0.15, 0.2) is 47.4 Å². The van der Waals surface area contributed by atoms with E-state index in [0.29, 0.717) is 30.5 Å². The average molecular weight is 293 g/mol. The first-order chi connectivity index (χ1) is 9.66. The maximum absolute atomic E-state index is 11.6. The number of hydrogen-bond acceptors (Lipinski definition) is 3. The predicted octanol–water partition coefficient (Wildman–Crippen LogP) is 2.69. The van der Waals surface area contributed by atoms with Gasteiger partial charge in [0, 0.05) is 36.1 Å². The van der Waals surface area contributed by atoms with E-state index in [0.717, 1.165) is 12.0 Å². The van der Waals surface area contributed by atoms with Gasteiger partial charge in [-0.2, -0.15) is 0 Å². The number of nitrogen functional groups attached to an aromatic ring is 1. The molecule has 2 aromatic rings. The highest BCUT2D eigenvalue weighted by molar-refractivity contribution is 6.31. The van der Waals surface area contributed by atoms with Crippen LogP contribution in [0.1, 0.15) is 12.0 Å². The molecule has 4 nitrogen and oxygen atoms in total. The zero-order chi connectivity index (χ0) is 14.4. The summed E-state index contributed by atoms with van der Waals surface area (Å²) in [5.74, 6) is 0. The molecule has 1 aromatic heterocycles. The van der Waals surface area contributed by atoms with E-state index in [1.54, 1.807) is 16.8 Å². The summed E-state index contributed by atoms with van der Waals surface area (Å²) in [6.07, 6.45) is 2.39. The lowest BCUT2D eigenvalue weighted by Gasteiger charge is -2.08. The van der Waals surface area contributed by atoms with Crippen molar-refractivity contribution in [1.29, 1.82) is 0 Å². The molecule has 0 fully saturated rings. The number of rotatable bonds is 6. The average Bonchev–Trinajstić information content (AvgIpc) is 2.44. The Hall–Kier alpha value is -1.78. The molecule has 0 bridgehead atoms. The molecule has 0 radical (unpaired) electrons. The van der Waals surface area contributed by atoms with Crippen molar-refractivity contribution in [1.82, 2.24) is 4.57 Å². The van der Waals surface area contributed by atoms with Gasteiger partial charge in [-0.25, -0.2) is 0 Å². The second kappa shape index (κ2) is 7.12. The van der Waals surface area contributed by atoms with Crippen LogP contribution in [-0.4, -0.2) is 11.2 Å². The number of halogens is 1. The van der Waals surface area contributed by atoms with Crippen LogP contribution in [0.25, 0.3) is 0 Å². The Bertz CT molecular complexity index is 625. The van der Waals surface area contributed by atoms with Crippen molar-refractivity contribution < 1.29 is 4.74 Å². The number of nitrogens with two attached hydrogens (primary N) is 1. The maximum atomic E-state index is 11.6. The van der Waals surface area contributed by atoms with Gasteiger partial charge in [0.25, 0.3) is 5.56 Å². The van der Waals surface area contributed by atoms with Crippen LogP contribution in [0.2, 0.25) is 5.02 Å². The first-order valence-corrected chi connectivity index (χ1v) is 6.82. The summed E-state index contributed by atoms with van der Waals surface area (Å²) in [5, 5.41) is 0.708. The molecule has 0 spiro atoms. The van der Waals surface area contributed by atoms with Crippen LogP contribution < -0.4 is 11.3 Å². The van der Waals surface area contributed by atoms with E-state index >= 15 is 0 Å². The van der Waals surface area contributed by atoms with Crippen molar-refractivity contribution in [3.63, 3.8) is 0 Å². The lowest BCUT2D eigenvalue weighted by Crippen LogP contribution is -2.19. The molecule has 5 heteroatoms. The van der Waals surface area contributed by atoms with Gasteiger partial charge in [-0.05, 0) is 24.1 Å². The molecule has 0 aliphatic heterocycles. The zero-order valence-electron chi connectivity index (χ0n) is 11.1. The number of hydrogen-bond donors (Lipinski definition) is 1. The van der Waals surface area contributed by atoms with Crippen LogP contribution in [-0.2, 0) is 17.9 Å². The second-order valence-corrected chi connectivity index (χ2v) is 4.90. The van der Waals surface area contributed by atoms with Crippen molar-refractivity contribution >= 4 is 17.3 Å². The minimum absolute atomic E-state index is 0.0506. The van der Waals surface area contributed by atoms with Crippen LogP contribution in [0.3, 0.4) is 0 Å². The monoisotopic (exact) mass is 292 g/mol. The van der Waals surface area contributed by atoms with Gasteiger partial charge < -0.3 is 15.0 Å². The minimum atomic E-state index is -0.0506. The van der Waals surface area contributed by atoms with Gasteiger partial charge in [0.05, 0.1) is 6.61 Å². The summed E-state index contributed by atoms with van der Waals surface area (Å²) < 4.78 is 7.15. The number of ether oxygens (including phenoxy) is 1. The summed E-state index contributed by atoms with van der Waals surface area (Å²) in [5.41, 5.74) is 7.15. The third-order valence-electron chi connectivity index (χ3n) is 2.91. The largest absolute Gasteiger partial charge is 0.398 e. The minimum Gasteiger partial charge on any atom is -0.398 e. The van der Waals surface area contributed by atoms with Crippen LogP contribution >= 0.6 is 11.6 Å². The molecule has 2 rings (SSSR count). The van der Waals surface area contributed by atoms with Crippen LogP contribution in [0, 0.1) is 0 Å². The highest BCUT2D eigenvalue weighted by Gasteiger charge is 2.00. The summed E-state index contributed by atoms with van der Waals surface area (Å²) in [7, 11) is 0. The Morgan fingerprint density at radius 1 is 1.20 bits per heavy atom. The van der Waals surface area contributed by atoms with E-state index in [1.165, 1.54) is 6.07 Å². The quantitative estimate of drug-likeness (QED) is 0.833. The fourth-order valence-electron chi connectivity index (χ4n) is 1.86. The molecule has 2 N–H and O–H groups in total. The van der Waals surface area contributed by atoms with Crippen molar-refractivity contribution in [3.8, 4) is 0 Å². The molecule has 0 saturated heterocycles. The van der Waals surface area contributed by atoms with Crippen LogP contribution in [0.5, 0.6) is 0 Å². The summed E-state index contributed by atoms with van der Waals surface area (Å²) in [6, 6.07) is 10.7. The highest BCUT2D eigenvalue weighted by atomic mass is 35.5. The first kappa shape index (κ1) is 14.6. The fourth-order valence-corrected chi connectivity index (χ4v) is 2.05. The molecule has 1 aromatic carbocycles. The topological polar surface area (TPSA) is 57.2 Å². The smallest absolute Gasteiger partial charge is 0.250 e. The normalized spacial score (nSPS) is 10.7. The molecule has 0 aliphatic rings. The van der Waals surface area contributed by atoms with E-state index in [1.807, 2.05) is 24.3 Å². The molecular weight excluding hydrogens is 276 g/mol. The van der Waals surface area contributed by atoms with Crippen molar-refractivity contribution in [2.24, 2.45) is 0 Å². The fraction of sp³-hybridized carbons (Fsp3) is 0.267. The standard InChI is InChI=1S/C15H17ClN2O2/c16-14-5-2-1-4-12(14)11-20-9-3-8-18-10-13(17)6-7-15(18)19/h1-2,4-7,10H,3,8-9,11,17H2. The highest BCUT2D eigenvalue weighted by Crippen LogP contribution is 2.15. The lowest BCUT2D eigenvalue weighted by molar-refractivity contribution is 0.115. The molecule has 106 valence electrons. The summed E-state index contributed by atoms with van der Waals surface area (Å²) in [6.45, 7) is 1.63. The molecular formula is C15H17ClN2O2. The van der Waals surface area contributed by atoms with E-state index < -0.39 is 0 Å². The Morgan fingerprint density at radius 3 is 2.80 bits per heavy atom. The SMILES string of the molecule is Nc1ccc(=O)n(CCCOCc2ccccc2Cl)c1. The van der Waals surface area contributed by atoms with Crippen molar-refractivity contribution in [3.05, 3.63) is 63.5 Å². The second-order valence-electron chi connectivity index (χ2n) is 4.49. The Morgan fingerprint density at radius 2 is 2.00 bits per heavy atom. The van der Waals surface area contributed by atoms with E-state index in [-0.39, 0.29) is 5.56 Å². The lowest BCUT2D eigenvalue weighted by atomic mass is 10.2. The van der Waals surface area contributed by atoms with Gasteiger partial charge in [-0.15, -0.1) is 0 Å². The number of aryl methyl sites for hydroxylation is 1. The number of anilines is 1. The first-order valence-electron chi connectivity index (χ1n) is 6.44. The zero-order valence-corrected chi connectivity index (χ0v) is 11.8. The Labute approximate surface area is 122 Å². The van der Waals surface area contributed by atoms with E-state index in [9.17, 15) is 4.79 Å². The third kappa shape index (κ3) is 4.11. The van der Waals surface area contributed by atoms with Gasteiger partial charge in [0.15, 0.2) is 0 Å². The summed E-state index contributed by atoms with van der Waals surface area (Å²) >= 11 is 6.03. The number of benzene rings is 1. The molecule has 20 heavy (non-hydrogen) atoms. The molecule has 0 saturated carbocycles. The van der Waals surface area contributed by atoms with Gasteiger partial charge in [-0.3, -0.25) is 4.79 Å². The predicted molar refractivity (Wildman–Crippen MR) is 80.8 cm³/mol. The van der Waals surface area contributed by atoms with Gasteiger partial charge in [-0.1, -0.05) is 29.8 Å². The molecule has 1 heterocycles. The number of nitrogens with zero attached hydrogens (tertiary/aromatic N) is 1. The Kier molecular flexibility index (Phi) is 5.21. The van der Waals surface area contributed by atoms with Crippen molar-refractivity contribution in [2.75, 3.05) is 12.3 Å². The van der Waals surface area contributed by atoms with Gasteiger partial charge in [0.2, 0.25) is 0 Å². The third-order valence-corrected chi connectivity index (χ3v) is 3.28. The van der Waals surface area contributed by atoms with Crippen LogP contribution in [0.4, 0.5) is 5.69 Å².